The van der Waals surface area contributed by atoms with Crippen LogP contribution in [0.5, 0.6) is 0 Å². The number of halogens is 1. The van der Waals surface area contributed by atoms with E-state index in [1.165, 1.54) is 0 Å². The summed E-state index contributed by atoms with van der Waals surface area (Å²) in [6, 6.07) is 7.70. The van der Waals surface area contributed by atoms with Gasteiger partial charge in [-0.1, -0.05) is 23.7 Å². The lowest BCUT2D eigenvalue weighted by atomic mass is 9.73. The highest BCUT2D eigenvalue weighted by Crippen LogP contribution is 2.42. The third-order valence-electron chi connectivity index (χ3n) is 6.99. The fraction of sp³-hybridized carbons (Fsp3) is 0.435. The van der Waals surface area contributed by atoms with Crippen molar-refractivity contribution < 1.29 is 4.74 Å². The van der Waals surface area contributed by atoms with Crippen LogP contribution in [-0.2, 0) is 4.74 Å². The number of aryl methyl sites for hydroxylation is 1. The van der Waals surface area contributed by atoms with Gasteiger partial charge >= 0.3 is 0 Å². The maximum atomic E-state index is 9.37. The van der Waals surface area contributed by atoms with Gasteiger partial charge in [0.15, 0.2) is 0 Å². The second-order valence-electron chi connectivity index (χ2n) is 8.66. The van der Waals surface area contributed by atoms with E-state index < -0.39 is 0 Å². The number of nitrogens with zero attached hydrogens (tertiary/aromatic N) is 5. The zero-order valence-electron chi connectivity index (χ0n) is 18.7. The predicted octanol–water partition coefficient (Wildman–Crippen LogP) is 3.79. The van der Waals surface area contributed by atoms with Gasteiger partial charge in [0.05, 0.1) is 29.0 Å². The van der Waals surface area contributed by atoms with Crippen molar-refractivity contribution in [3.05, 3.63) is 46.9 Å². The molecule has 0 saturated carbocycles. The molecule has 176 valence electrons. The van der Waals surface area contributed by atoms with Gasteiger partial charge in [-0.05, 0) is 32.8 Å². The molecule has 2 saturated heterocycles. The van der Waals surface area contributed by atoms with Gasteiger partial charge in [-0.15, -0.1) is 0 Å². The number of nitrogens with two attached hydrogens (primary N) is 1. The molecule has 2 atom stereocenters. The van der Waals surface area contributed by atoms with E-state index in [0.29, 0.717) is 10.6 Å². The summed E-state index contributed by atoms with van der Waals surface area (Å²) < 4.78 is 7.88. The molecule has 2 aromatic heterocycles. The zero-order valence-corrected chi connectivity index (χ0v) is 21.4. The molecule has 2 N–H and O–H groups in total. The summed E-state index contributed by atoms with van der Waals surface area (Å²) in [5, 5.41) is 9.80. The van der Waals surface area contributed by atoms with E-state index in [-0.39, 0.29) is 44.6 Å². The molecule has 0 aliphatic carbocycles. The molecule has 4 heterocycles. The van der Waals surface area contributed by atoms with Crippen molar-refractivity contribution in [3.63, 3.8) is 0 Å². The van der Waals surface area contributed by atoms with Crippen LogP contribution in [-0.4, -0.2) is 46.2 Å². The SMILES string of the molecule is Cc1nc(N2CCC3(CC2)CO[C@@H](C)[C@H]3N)n2ccnc2c1-c1cccc(C#N)c1Cl.S.S. The number of fused-ring (bicyclic) bond motifs is 1. The summed E-state index contributed by atoms with van der Waals surface area (Å²) in [5.41, 5.74) is 10.2. The first-order valence-corrected chi connectivity index (χ1v) is 11.0. The molecule has 0 amide bonds. The zero-order chi connectivity index (χ0) is 21.8. The van der Waals surface area contributed by atoms with Gasteiger partial charge in [0.25, 0.3) is 0 Å². The smallest absolute Gasteiger partial charge is 0.211 e. The predicted molar refractivity (Wildman–Crippen MR) is 141 cm³/mol. The summed E-state index contributed by atoms with van der Waals surface area (Å²) in [6.45, 7) is 6.51. The van der Waals surface area contributed by atoms with Gasteiger partial charge in [-0.2, -0.15) is 32.3 Å². The van der Waals surface area contributed by atoms with Crippen molar-refractivity contribution >= 4 is 50.2 Å². The highest BCUT2D eigenvalue weighted by Gasteiger charge is 2.47. The average molecular weight is 505 g/mol. The maximum absolute atomic E-state index is 9.37. The second kappa shape index (κ2) is 9.72. The first-order valence-electron chi connectivity index (χ1n) is 10.6. The van der Waals surface area contributed by atoms with Crippen molar-refractivity contribution in [1.29, 1.82) is 5.26 Å². The van der Waals surface area contributed by atoms with Gasteiger partial charge in [-0.25, -0.2) is 9.97 Å². The molecule has 0 unspecified atom stereocenters. The highest BCUT2D eigenvalue weighted by molar-refractivity contribution is 7.59. The van der Waals surface area contributed by atoms with E-state index in [2.05, 4.69) is 22.9 Å². The summed E-state index contributed by atoms with van der Waals surface area (Å²) >= 11 is 6.54. The molecular weight excluding hydrogens is 476 g/mol. The molecule has 2 aliphatic rings. The van der Waals surface area contributed by atoms with Crippen LogP contribution in [0.4, 0.5) is 5.95 Å². The lowest BCUT2D eigenvalue weighted by Crippen LogP contribution is -2.51. The largest absolute Gasteiger partial charge is 0.376 e. The van der Waals surface area contributed by atoms with Crippen LogP contribution >= 0.6 is 38.6 Å². The van der Waals surface area contributed by atoms with Crippen molar-refractivity contribution in [3.8, 4) is 17.2 Å². The van der Waals surface area contributed by atoms with Crippen molar-refractivity contribution in [2.75, 3.05) is 24.6 Å². The summed E-state index contributed by atoms with van der Waals surface area (Å²) in [4.78, 5) is 11.9. The summed E-state index contributed by atoms with van der Waals surface area (Å²) in [6.07, 6.45) is 5.78. The first-order chi connectivity index (χ1) is 14.9. The van der Waals surface area contributed by atoms with E-state index in [1.54, 1.807) is 12.3 Å². The fourth-order valence-corrected chi connectivity index (χ4v) is 5.31. The van der Waals surface area contributed by atoms with Crippen molar-refractivity contribution in [1.82, 2.24) is 14.4 Å². The Kier molecular flexibility index (Phi) is 7.56. The molecule has 3 aromatic rings. The number of rotatable bonds is 2. The second-order valence-corrected chi connectivity index (χ2v) is 9.04. The topological polar surface area (TPSA) is 92.5 Å². The number of imidazole rings is 1. The van der Waals surface area contributed by atoms with E-state index in [1.807, 2.05) is 29.7 Å². The van der Waals surface area contributed by atoms with Gasteiger partial charge in [-0.3, -0.25) is 4.40 Å². The van der Waals surface area contributed by atoms with Crippen LogP contribution in [0.25, 0.3) is 16.8 Å². The number of hydrogen-bond acceptors (Lipinski definition) is 6. The third-order valence-corrected chi connectivity index (χ3v) is 7.39. The molecule has 1 spiro atoms. The number of piperidine rings is 1. The molecular formula is C23H29ClN6OS2. The van der Waals surface area contributed by atoms with Gasteiger partial charge in [0.1, 0.15) is 11.7 Å². The quantitative estimate of drug-likeness (QED) is 0.570. The molecule has 7 nitrogen and oxygen atoms in total. The molecule has 5 rings (SSSR count). The highest BCUT2D eigenvalue weighted by atomic mass is 35.5. The Balaban J connectivity index is 0.00000153. The van der Waals surface area contributed by atoms with E-state index in [4.69, 9.17) is 27.1 Å². The Labute approximate surface area is 212 Å². The Morgan fingerprint density at radius 3 is 2.64 bits per heavy atom. The monoisotopic (exact) mass is 504 g/mol. The Morgan fingerprint density at radius 1 is 1.27 bits per heavy atom. The first kappa shape index (κ1) is 25.7. The number of ether oxygens (including phenoxy) is 1. The van der Waals surface area contributed by atoms with E-state index in [9.17, 15) is 5.26 Å². The maximum Gasteiger partial charge on any atom is 0.211 e. The fourth-order valence-electron chi connectivity index (χ4n) is 5.05. The van der Waals surface area contributed by atoms with Crippen LogP contribution in [0.3, 0.4) is 0 Å². The number of anilines is 1. The van der Waals surface area contributed by atoms with E-state index in [0.717, 1.165) is 61.0 Å². The molecule has 2 aliphatic heterocycles. The summed E-state index contributed by atoms with van der Waals surface area (Å²) in [5.74, 6) is 0.872. The normalized spacial score (nSPS) is 21.5. The Bertz CT molecular complexity index is 1200. The molecule has 33 heavy (non-hydrogen) atoms. The van der Waals surface area contributed by atoms with Crippen LogP contribution in [0.15, 0.2) is 30.6 Å². The number of nitriles is 1. The summed E-state index contributed by atoms with van der Waals surface area (Å²) in [7, 11) is 0. The average Bonchev–Trinajstić information content (AvgIpc) is 3.36. The molecule has 10 heteroatoms. The van der Waals surface area contributed by atoms with Crippen LogP contribution in [0, 0.1) is 23.7 Å². The number of hydrogen-bond donors (Lipinski definition) is 1. The van der Waals surface area contributed by atoms with Crippen LogP contribution in [0.2, 0.25) is 5.02 Å². The van der Waals surface area contributed by atoms with Crippen LogP contribution in [0.1, 0.15) is 31.0 Å². The number of aromatic nitrogens is 3. The van der Waals surface area contributed by atoms with Gasteiger partial charge in [0.2, 0.25) is 5.95 Å². The molecule has 0 bridgehead atoms. The number of benzene rings is 1. The Hall–Kier alpha value is -1.96. The van der Waals surface area contributed by atoms with Gasteiger partial charge in [0, 0.05) is 48.1 Å². The minimum absolute atomic E-state index is 0. The van der Waals surface area contributed by atoms with E-state index >= 15 is 0 Å². The van der Waals surface area contributed by atoms with Crippen molar-refractivity contribution in [2.45, 2.75) is 38.8 Å². The van der Waals surface area contributed by atoms with Crippen molar-refractivity contribution in [2.24, 2.45) is 11.1 Å². The minimum Gasteiger partial charge on any atom is -0.376 e. The lowest BCUT2D eigenvalue weighted by molar-refractivity contribution is 0.0973. The molecule has 2 fully saturated rings. The molecule has 0 radical (unpaired) electrons. The standard InChI is InChI=1S/C23H25ClN6O.2H2S/c1-14-18(17-5-3-4-16(12-25)19(17)24)21-27-8-11-30(21)22(28-14)29-9-6-23(7-10-29)13-31-15(2)20(23)26;;/h3-5,8,11,15,20H,6-7,9-10,13,26H2,1-2H3;2*1H2/t15-,20+;;/m0../s1. The van der Waals surface area contributed by atoms with Gasteiger partial charge < -0.3 is 15.4 Å². The molecule has 1 aromatic carbocycles. The Morgan fingerprint density at radius 2 is 2.00 bits per heavy atom. The lowest BCUT2D eigenvalue weighted by Gasteiger charge is -2.41. The minimum atomic E-state index is 0. The van der Waals surface area contributed by atoms with Crippen LogP contribution < -0.4 is 10.6 Å². The third kappa shape index (κ3) is 4.08.